The van der Waals surface area contributed by atoms with Gasteiger partial charge >= 0.3 is 0 Å². The van der Waals surface area contributed by atoms with E-state index < -0.39 is 10.0 Å². The van der Waals surface area contributed by atoms with Gasteiger partial charge in [-0.15, -0.1) is 0 Å². The van der Waals surface area contributed by atoms with Crippen LogP contribution in [0.1, 0.15) is 11.1 Å². The van der Waals surface area contributed by atoms with Crippen LogP contribution in [0.3, 0.4) is 0 Å². The largest absolute Gasteiger partial charge is 0.496 e. The molecule has 150 valence electrons. The van der Waals surface area contributed by atoms with E-state index in [4.69, 9.17) is 24.5 Å². The highest BCUT2D eigenvalue weighted by atomic mass is 32.2. The van der Waals surface area contributed by atoms with Gasteiger partial charge in [0.05, 0.1) is 21.3 Å². The topological polar surface area (TPSA) is 126 Å². The number of nitrogens with one attached hydrogen (secondary N) is 1. The molecule has 3 N–H and O–H groups in total. The summed E-state index contributed by atoms with van der Waals surface area (Å²) in [4.78, 5) is -0.170. The van der Waals surface area contributed by atoms with E-state index in [1.54, 1.807) is 24.3 Å². The van der Waals surface area contributed by atoms with Crippen molar-refractivity contribution in [3.63, 3.8) is 0 Å². The number of hydrogen-bond acceptors (Lipinski definition) is 8. The van der Waals surface area contributed by atoms with E-state index in [-0.39, 0.29) is 28.8 Å². The van der Waals surface area contributed by atoms with Gasteiger partial charge in [-0.25, -0.2) is 8.42 Å². The van der Waals surface area contributed by atoms with E-state index in [0.717, 1.165) is 5.56 Å². The molecule has 0 aliphatic rings. The second-order valence-corrected chi connectivity index (χ2v) is 7.63. The van der Waals surface area contributed by atoms with Gasteiger partial charge in [-0.2, -0.15) is 0 Å². The Kier molecular flexibility index (Phi) is 5.34. The second-order valence-electron chi connectivity index (χ2n) is 6.01. The maximum absolute atomic E-state index is 13.1. The quantitative estimate of drug-likeness (QED) is 0.611. The molecule has 0 saturated carbocycles. The van der Waals surface area contributed by atoms with Crippen molar-refractivity contribution in [3.05, 3.63) is 35.4 Å². The van der Waals surface area contributed by atoms with Gasteiger partial charge in [0.15, 0.2) is 16.3 Å². The van der Waals surface area contributed by atoms with Crippen molar-refractivity contribution in [2.75, 3.05) is 26.1 Å². The molecule has 0 fully saturated rings. The van der Waals surface area contributed by atoms with Crippen LogP contribution in [-0.2, 0) is 16.6 Å². The van der Waals surface area contributed by atoms with Gasteiger partial charge in [0.2, 0.25) is 0 Å². The van der Waals surface area contributed by atoms with E-state index in [2.05, 4.69) is 9.88 Å². The molecule has 1 heterocycles. The molecular weight excluding hydrogens is 386 g/mol. The normalized spacial score (nSPS) is 11.5. The Morgan fingerprint density at radius 1 is 1.04 bits per heavy atom. The Morgan fingerprint density at radius 3 is 2.18 bits per heavy atom. The van der Waals surface area contributed by atoms with Gasteiger partial charge in [0.1, 0.15) is 22.6 Å². The minimum Gasteiger partial charge on any atom is -0.496 e. The molecule has 0 aliphatic carbocycles. The average molecular weight is 407 g/mol. The van der Waals surface area contributed by atoms with Gasteiger partial charge in [0, 0.05) is 6.54 Å². The summed E-state index contributed by atoms with van der Waals surface area (Å²) in [6.45, 7) is 2.06. The summed E-state index contributed by atoms with van der Waals surface area (Å²) < 4.78 is 49.9. The Morgan fingerprint density at radius 2 is 1.64 bits per heavy atom. The lowest BCUT2D eigenvalue weighted by Crippen LogP contribution is -2.16. The zero-order chi connectivity index (χ0) is 20.5. The number of ether oxygens (including phenoxy) is 3. The molecule has 2 aromatic carbocycles. The number of hydrogen-bond donors (Lipinski definition) is 2. The van der Waals surface area contributed by atoms with Crippen molar-refractivity contribution in [1.29, 1.82) is 0 Å². The Balaban J connectivity index is 2.15. The molecule has 0 amide bonds. The van der Waals surface area contributed by atoms with Crippen LogP contribution >= 0.6 is 0 Å². The third-order valence-electron chi connectivity index (χ3n) is 4.16. The molecule has 0 atom stereocenters. The van der Waals surface area contributed by atoms with Crippen molar-refractivity contribution in [3.8, 4) is 17.2 Å². The highest BCUT2D eigenvalue weighted by Gasteiger charge is 2.28. The van der Waals surface area contributed by atoms with Crippen molar-refractivity contribution in [2.24, 2.45) is 5.73 Å². The highest BCUT2D eigenvalue weighted by molar-refractivity contribution is 7.93. The van der Waals surface area contributed by atoms with Crippen LogP contribution in [0.15, 0.2) is 33.7 Å². The number of fused-ring (bicyclic) bond motifs is 1. The summed E-state index contributed by atoms with van der Waals surface area (Å²) in [5.74, 6) is 0.635. The maximum Gasteiger partial charge on any atom is 0.270 e. The van der Waals surface area contributed by atoms with Crippen LogP contribution in [0, 0.1) is 6.92 Å². The number of methoxy groups -OCH3 is 3. The molecule has 28 heavy (non-hydrogen) atoms. The highest BCUT2D eigenvalue weighted by Crippen LogP contribution is 2.38. The first-order valence-corrected chi connectivity index (χ1v) is 9.74. The molecule has 0 aliphatic heterocycles. The first-order valence-electron chi connectivity index (χ1n) is 8.26. The number of anilines is 1. The van der Waals surface area contributed by atoms with Gasteiger partial charge in [0.25, 0.3) is 10.0 Å². The van der Waals surface area contributed by atoms with Gasteiger partial charge < -0.3 is 24.5 Å². The first kappa shape index (κ1) is 19.8. The first-order chi connectivity index (χ1) is 13.3. The third-order valence-corrected chi connectivity index (χ3v) is 5.56. The molecule has 0 bridgehead atoms. The zero-order valence-corrected chi connectivity index (χ0v) is 16.7. The maximum atomic E-state index is 13.1. The SMILES string of the molecule is COc1cc(CN)cc(OC)c1S(=O)(=O)Nc1noc2cc(C)cc(OC)c12. The molecule has 1 aromatic heterocycles. The Bertz CT molecular complexity index is 1100. The van der Waals surface area contributed by atoms with Crippen LogP contribution in [0.2, 0.25) is 0 Å². The number of rotatable bonds is 7. The summed E-state index contributed by atoms with van der Waals surface area (Å²) in [6, 6.07) is 6.58. The fraction of sp³-hybridized carbons (Fsp3) is 0.278. The van der Waals surface area contributed by atoms with E-state index >= 15 is 0 Å². The smallest absolute Gasteiger partial charge is 0.270 e. The molecule has 9 nitrogen and oxygen atoms in total. The number of aromatic nitrogens is 1. The van der Waals surface area contributed by atoms with Gasteiger partial charge in [-0.3, -0.25) is 4.72 Å². The van der Waals surface area contributed by atoms with E-state index in [1.165, 1.54) is 21.3 Å². The van der Waals surface area contributed by atoms with Crippen LogP contribution in [-0.4, -0.2) is 34.9 Å². The molecule has 10 heteroatoms. The zero-order valence-electron chi connectivity index (χ0n) is 15.9. The fourth-order valence-corrected chi connectivity index (χ4v) is 4.20. The van der Waals surface area contributed by atoms with Crippen molar-refractivity contribution in [1.82, 2.24) is 5.16 Å². The standard InChI is InChI=1S/C18H21N3O6S/c1-10-5-12(24-2)16-13(6-10)27-20-18(16)21-28(22,23)17-14(25-3)7-11(9-19)8-15(17)26-4/h5-8H,9,19H2,1-4H3,(H,20,21). The van der Waals surface area contributed by atoms with Crippen molar-refractivity contribution in [2.45, 2.75) is 18.4 Å². The van der Waals surface area contributed by atoms with Crippen LogP contribution in [0.5, 0.6) is 17.2 Å². The molecule has 0 unspecified atom stereocenters. The number of benzene rings is 2. The average Bonchev–Trinajstić information content (AvgIpc) is 3.07. The van der Waals surface area contributed by atoms with Crippen LogP contribution in [0.4, 0.5) is 5.82 Å². The summed E-state index contributed by atoms with van der Waals surface area (Å²) in [6.07, 6.45) is 0. The molecule has 0 saturated heterocycles. The summed E-state index contributed by atoms with van der Waals surface area (Å²) in [5, 5.41) is 4.26. The van der Waals surface area contributed by atoms with Gasteiger partial charge in [-0.05, 0) is 42.3 Å². The minimum absolute atomic E-state index is 0.00106. The molecule has 3 rings (SSSR count). The van der Waals surface area contributed by atoms with Crippen LogP contribution < -0.4 is 24.7 Å². The van der Waals surface area contributed by atoms with Gasteiger partial charge in [-0.1, -0.05) is 5.16 Å². The van der Waals surface area contributed by atoms with Crippen LogP contribution in [0.25, 0.3) is 11.0 Å². The monoisotopic (exact) mass is 407 g/mol. The lowest BCUT2D eigenvalue weighted by Gasteiger charge is -2.15. The number of nitrogens with two attached hydrogens (primary N) is 1. The lowest BCUT2D eigenvalue weighted by atomic mass is 10.1. The van der Waals surface area contributed by atoms with Crippen molar-refractivity contribution >= 4 is 26.8 Å². The van der Waals surface area contributed by atoms with E-state index in [0.29, 0.717) is 22.3 Å². The molecule has 0 radical (unpaired) electrons. The van der Waals surface area contributed by atoms with E-state index in [1.807, 2.05) is 6.92 Å². The number of aryl methyl sites for hydroxylation is 1. The third kappa shape index (κ3) is 3.43. The molecule has 3 aromatic rings. The minimum atomic E-state index is -4.14. The van der Waals surface area contributed by atoms with Crippen molar-refractivity contribution < 1.29 is 27.2 Å². The number of sulfonamides is 1. The predicted molar refractivity (Wildman–Crippen MR) is 104 cm³/mol. The summed E-state index contributed by atoms with van der Waals surface area (Å²) in [5.41, 5.74) is 7.60. The lowest BCUT2D eigenvalue weighted by molar-refractivity contribution is 0.372. The molecule has 0 spiro atoms. The Hall–Kier alpha value is -2.98. The van der Waals surface area contributed by atoms with E-state index in [9.17, 15) is 8.42 Å². The second kappa shape index (κ2) is 7.56. The molecular formula is C18H21N3O6S. The fourth-order valence-electron chi connectivity index (χ4n) is 2.89. The summed E-state index contributed by atoms with van der Waals surface area (Å²) in [7, 11) is 0.0770. The predicted octanol–water partition coefficient (Wildman–Crippen LogP) is 2.42. The summed E-state index contributed by atoms with van der Waals surface area (Å²) >= 11 is 0. The number of nitrogens with zero attached hydrogens (tertiary/aromatic N) is 1. The Labute approximate surface area is 162 Å².